The van der Waals surface area contributed by atoms with Gasteiger partial charge in [0.2, 0.25) is 0 Å². The predicted octanol–water partition coefficient (Wildman–Crippen LogP) is 2.41. The summed E-state index contributed by atoms with van der Waals surface area (Å²) in [6.45, 7) is 6.17. The van der Waals surface area contributed by atoms with Crippen LogP contribution in [-0.2, 0) is 0 Å². The summed E-state index contributed by atoms with van der Waals surface area (Å²) in [4.78, 5) is 2.11. The zero-order chi connectivity index (χ0) is 12.7. The van der Waals surface area contributed by atoms with Crippen LogP contribution in [-0.4, -0.2) is 19.7 Å². The van der Waals surface area contributed by atoms with Crippen LogP contribution in [0.15, 0.2) is 18.2 Å². The second-order valence-corrected chi connectivity index (χ2v) is 3.68. The van der Waals surface area contributed by atoms with E-state index >= 15 is 0 Å². The van der Waals surface area contributed by atoms with Crippen molar-refractivity contribution in [3.63, 3.8) is 0 Å². The van der Waals surface area contributed by atoms with Gasteiger partial charge in [0.05, 0.1) is 19.1 Å². The Hall–Kier alpha value is -1.89. The molecule has 92 valence electrons. The maximum absolute atomic E-state index is 8.62. The van der Waals surface area contributed by atoms with E-state index in [1.807, 2.05) is 25.1 Å². The van der Waals surface area contributed by atoms with Crippen molar-refractivity contribution in [1.82, 2.24) is 0 Å². The van der Waals surface area contributed by atoms with E-state index in [1.54, 1.807) is 0 Å². The van der Waals surface area contributed by atoms with Crippen LogP contribution < -0.4 is 15.4 Å². The SMILES string of the molecule is CCOc1cc(N)cc(N(CC)CCC#N)c1. The van der Waals surface area contributed by atoms with Gasteiger partial charge in [-0.05, 0) is 19.9 Å². The van der Waals surface area contributed by atoms with Crippen LogP contribution in [0.2, 0.25) is 0 Å². The zero-order valence-electron chi connectivity index (χ0n) is 10.4. The molecule has 0 radical (unpaired) electrons. The molecule has 0 unspecified atom stereocenters. The van der Waals surface area contributed by atoms with E-state index < -0.39 is 0 Å². The number of nitriles is 1. The highest BCUT2D eigenvalue weighted by molar-refractivity contribution is 5.60. The summed E-state index contributed by atoms with van der Waals surface area (Å²) >= 11 is 0. The van der Waals surface area contributed by atoms with Gasteiger partial charge in [0, 0.05) is 36.6 Å². The molecule has 17 heavy (non-hydrogen) atoms. The second-order valence-electron chi connectivity index (χ2n) is 3.68. The molecule has 0 bridgehead atoms. The van der Waals surface area contributed by atoms with Crippen molar-refractivity contribution in [2.75, 3.05) is 30.3 Å². The van der Waals surface area contributed by atoms with E-state index in [0.29, 0.717) is 25.3 Å². The van der Waals surface area contributed by atoms with Crippen molar-refractivity contribution in [3.05, 3.63) is 18.2 Å². The lowest BCUT2D eigenvalue weighted by molar-refractivity contribution is 0.340. The lowest BCUT2D eigenvalue weighted by Crippen LogP contribution is -2.23. The largest absolute Gasteiger partial charge is 0.494 e. The Labute approximate surface area is 103 Å². The number of rotatable bonds is 6. The quantitative estimate of drug-likeness (QED) is 0.766. The molecule has 4 heteroatoms. The number of anilines is 2. The fourth-order valence-corrected chi connectivity index (χ4v) is 1.69. The van der Waals surface area contributed by atoms with Crippen LogP contribution in [0.4, 0.5) is 11.4 Å². The number of hydrogen-bond acceptors (Lipinski definition) is 4. The first-order valence-corrected chi connectivity index (χ1v) is 5.86. The number of nitrogens with zero attached hydrogens (tertiary/aromatic N) is 2. The molecule has 1 rings (SSSR count). The molecule has 0 aliphatic carbocycles. The molecule has 4 nitrogen and oxygen atoms in total. The highest BCUT2D eigenvalue weighted by atomic mass is 16.5. The Morgan fingerprint density at radius 1 is 1.35 bits per heavy atom. The number of nitrogens with two attached hydrogens (primary N) is 1. The molecule has 0 aliphatic heterocycles. The molecule has 0 saturated carbocycles. The molecule has 0 aliphatic rings. The number of hydrogen-bond donors (Lipinski definition) is 1. The third kappa shape index (κ3) is 3.87. The summed E-state index contributed by atoms with van der Waals surface area (Å²) in [6, 6.07) is 7.83. The molecule has 0 spiro atoms. The molecule has 1 aromatic rings. The molecule has 0 aromatic heterocycles. The standard InChI is InChI=1S/C13H19N3O/c1-3-16(7-5-6-14)12-8-11(15)9-13(10-12)17-4-2/h8-10H,3-5,7,15H2,1-2H3. The van der Waals surface area contributed by atoms with Gasteiger partial charge in [-0.3, -0.25) is 0 Å². The monoisotopic (exact) mass is 233 g/mol. The normalized spacial score (nSPS) is 9.71. The van der Waals surface area contributed by atoms with Crippen molar-refractivity contribution < 1.29 is 4.74 Å². The van der Waals surface area contributed by atoms with Gasteiger partial charge in [-0.2, -0.15) is 5.26 Å². The number of ether oxygens (including phenoxy) is 1. The van der Waals surface area contributed by atoms with Gasteiger partial charge >= 0.3 is 0 Å². The summed E-state index contributed by atoms with van der Waals surface area (Å²) in [6.07, 6.45) is 0.507. The summed E-state index contributed by atoms with van der Waals surface area (Å²) in [7, 11) is 0. The molecule has 0 heterocycles. The topological polar surface area (TPSA) is 62.3 Å². The van der Waals surface area contributed by atoms with Crippen LogP contribution in [0.5, 0.6) is 5.75 Å². The summed E-state index contributed by atoms with van der Waals surface area (Å²) in [5.41, 5.74) is 7.53. The van der Waals surface area contributed by atoms with E-state index in [0.717, 1.165) is 18.0 Å². The first kappa shape index (κ1) is 13.2. The van der Waals surface area contributed by atoms with Gasteiger partial charge in [-0.25, -0.2) is 0 Å². The van der Waals surface area contributed by atoms with Gasteiger partial charge in [0.1, 0.15) is 5.75 Å². The lowest BCUT2D eigenvalue weighted by Gasteiger charge is -2.22. The van der Waals surface area contributed by atoms with Crippen LogP contribution in [0.1, 0.15) is 20.3 Å². The van der Waals surface area contributed by atoms with Crippen molar-refractivity contribution >= 4 is 11.4 Å². The van der Waals surface area contributed by atoms with Crippen molar-refractivity contribution in [2.45, 2.75) is 20.3 Å². The molecule has 0 amide bonds. The summed E-state index contributed by atoms with van der Waals surface area (Å²) in [5.74, 6) is 0.776. The Kier molecular flexibility index (Phi) is 5.15. The van der Waals surface area contributed by atoms with E-state index in [2.05, 4.69) is 17.9 Å². The maximum atomic E-state index is 8.62. The fraction of sp³-hybridized carbons (Fsp3) is 0.462. The predicted molar refractivity (Wildman–Crippen MR) is 70.1 cm³/mol. The third-order valence-electron chi connectivity index (χ3n) is 2.47. The minimum atomic E-state index is 0.507. The van der Waals surface area contributed by atoms with Crippen molar-refractivity contribution in [2.24, 2.45) is 0 Å². The summed E-state index contributed by atoms with van der Waals surface area (Å²) < 4.78 is 5.45. The van der Waals surface area contributed by atoms with Crippen LogP contribution in [0, 0.1) is 11.3 Å². The first-order chi connectivity index (χ1) is 8.21. The highest BCUT2D eigenvalue weighted by Crippen LogP contribution is 2.25. The van der Waals surface area contributed by atoms with Crippen LogP contribution in [0.3, 0.4) is 0 Å². The van der Waals surface area contributed by atoms with Gasteiger partial charge < -0.3 is 15.4 Å². The van der Waals surface area contributed by atoms with Gasteiger partial charge in [0.15, 0.2) is 0 Å². The van der Waals surface area contributed by atoms with Crippen molar-refractivity contribution in [1.29, 1.82) is 5.26 Å². The lowest BCUT2D eigenvalue weighted by atomic mass is 10.2. The van der Waals surface area contributed by atoms with Crippen LogP contribution >= 0.6 is 0 Å². The minimum absolute atomic E-state index is 0.507. The average Bonchev–Trinajstić information content (AvgIpc) is 2.30. The molecule has 0 saturated heterocycles. The Morgan fingerprint density at radius 2 is 2.12 bits per heavy atom. The van der Waals surface area contributed by atoms with Crippen molar-refractivity contribution in [3.8, 4) is 11.8 Å². The maximum Gasteiger partial charge on any atom is 0.123 e. The highest BCUT2D eigenvalue weighted by Gasteiger charge is 2.06. The molecular formula is C13H19N3O. The van der Waals surface area contributed by atoms with E-state index in [4.69, 9.17) is 15.7 Å². The fourth-order valence-electron chi connectivity index (χ4n) is 1.69. The number of benzene rings is 1. The zero-order valence-corrected chi connectivity index (χ0v) is 10.4. The molecule has 0 fully saturated rings. The van der Waals surface area contributed by atoms with E-state index in [9.17, 15) is 0 Å². The number of nitrogen functional groups attached to an aromatic ring is 1. The molecule has 0 atom stereocenters. The molecule has 1 aromatic carbocycles. The van der Waals surface area contributed by atoms with Gasteiger partial charge in [0.25, 0.3) is 0 Å². The van der Waals surface area contributed by atoms with Crippen LogP contribution in [0.25, 0.3) is 0 Å². The Bertz CT molecular complexity index is 398. The van der Waals surface area contributed by atoms with Gasteiger partial charge in [-0.15, -0.1) is 0 Å². The second kappa shape index (κ2) is 6.64. The molecular weight excluding hydrogens is 214 g/mol. The molecule has 2 N–H and O–H groups in total. The first-order valence-electron chi connectivity index (χ1n) is 5.86. The van der Waals surface area contributed by atoms with E-state index in [1.165, 1.54) is 0 Å². The van der Waals surface area contributed by atoms with Gasteiger partial charge in [-0.1, -0.05) is 0 Å². The average molecular weight is 233 g/mol. The third-order valence-corrected chi connectivity index (χ3v) is 2.47. The Morgan fingerprint density at radius 3 is 2.71 bits per heavy atom. The Balaban J connectivity index is 2.90. The minimum Gasteiger partial charge on any atom is -0.494 e. The smallest absolute Gasteiger partial charge is 0.123 e. The van der Waals surface area contributed by atoms with E-state index in [-0.39, 0.29) is 0 Å². The summed E-state index contributed by atoms with van der Waals surface area (Å²) in [5, 5.41) is 8.62.